The summed E-state index contributed by atoms with van der Waals surface area (Å²) in [7, 11) is 0. The summed E-state index contributed by atoms with van der Waals surface area (Å²) in [6.45, 7) is 2.93. The molecule has 4 N–H and O–H groups in total. The van der Waals surface area contributed by atoms with Crippen molar-refractivity contribution in [3.63, 3.8) is 0 Å². The van der Waals surface area contributed by atoms with Crippen molar-refractivity contribution in [2.24, 2.45) is 0 Å². The van der Waals surface area contributed by atoms with Crippen LogP contribution in [0.5, 0.6) is 0 Å². The number of hydrogen-bond donors (Lipinski definition) is 3. The molecule has 146 valence electrons. The minimum Gasteiger partial charge on any atom is -0.397 e. The molecule has 0 saturated heterocycles. The van der Waals surface area contributed by atoms with Crippen molar-refractivity contribution >= 4 is 38.7 Å². The Kier molecular flexibility index (Phi) is 5.60. The molecule has 4 nitrogen and oxygen atoms in total. The van der Waals surface area contributed by atoms with Crippen molar-refractivity contribution in [1.82, 2.24) is 5.32 Å². The van der Waals surface area contributed by atoms with E-state index < -0.39 is 0 Å². The van der Waals surface area contributed by atoms with Gasteiger partial charge in [-0.15, -0.1) is 11.3 Å². The van der Waals surface area contributed by atoms with Gasteiger partial charge in [0.05, 0.1) is 16.3 Å². The molecule has 4 rings (SSSR count). The van der Waals surface area contributed by atoms with Crippen molar-refractivity contribution in [3.8, 4) is 0 Å². The number of benzene rings is 3. The van der Waals surface area contributed by atoms with Crippen LogP contribution in [0.15, 0.2) is 78.9 Å². The Hall–Kier alpha value is -3.15. The molecule has 3 aromatic carbocycles. The first-order valence-electron chi connectivity index (χ1n) is 9.57. The lowest BCUT2D eigenvalue weighted by molar-refractivity contribution is 0.103. The summed E-state index contributed by atoms with van der Waals surface area (Å²) >= 11 is 1.49. The summed E-state index contributed by atoms with van der Waals surface area (Å²) in [5.41, 5.74) is 9.57. The van der Waals surface area contributed by atoms with Crippen LogP contribution in [0.4, 0.5) is 11.4 Å². The predicted octanol–water partition coefficient (Wildman–Crippen LogP) is 5.59. The van der Waals surface area contributed by atoms with Crippen LogP contribution in [0, 0.1) is 0 Å². The second-order valence-corrected chi connectivity index (χ2v) is 8.12. The standard InChI is InChI=1S/C24H23N3OS/c1-16(18-7-3-2-4-8-18)26-15-17-11-12-22-19(13-17)14-23(29-22)24(28)27-21-10-6-5-9-20(21)25/h2-14,16,26H,15,25H2,1H3,(H,27,28)/t16-/m0/s1. The molecule has 1 amide bonds. The molecule has 0 aliphatic rings. The van der Waals surface area contributed by atoms with Gasteiger partial charge < -0.3 is 16.4 Å². The molecule has 5 heteroatoms. The van der Waals surface area contributed by atoms with Gasteiger partial charge in [-0.3, -0.25) is 4.79 Å². The summed E-state index contributed by atoms with van der Waals surface area (Å²) in [6.07, 6.45) is 0. The van der Waals surface area contributed by atoms with Gasteiger partial charge in [-0.1, -0.05) is 48.5 Å². The first kappa shape index (κ1) is 19.2. The van der Waals surface area contributed by atoms with Gasteiger partial charge in [-0.05, 0) is 53.8 Å². The van der Waals surface area contributed by atoms with Crippen molar-refractivity contribution in [2.75, 3.05) is 11.1 Å². The van der Waals surface area contributed by atoms with Gasteiger partial charge in [0.15, 0.2) is 0 Å². The van der Waals surface area contributed by atoms with E-state index in [1.165, 1.54) is 22.5 Å². The fourth-order valence-electron chi connectivity index (χ4n) is 3.24. The van der Waals surface area contributed by atoms with Gasteiger partial charge >= 0.3 is 0 Å². The van der Waals surface area contributed by atoms with Crippen molar-refractivity contribution in [3.05, 3.63) is 94.9 Å². The van der Waals surface area contributed by atoms with E-state index in [-0.39, 0.29) is 11.9 Å². The molecular weight excluding hydrogens is 378 g/mol. The van der Waals surface area contributed by atoms with Crippen LogP contribution < -0.4 is 16.4 Å². The predicted molar refractivity (Wildman–Crippen MR) is 122 cm³/mol. The number of para-hydroxylation sites is 2. The smallest absolute Gasteiger partial charge is 0.265 e. The van der Waals surface area contributed by atoms with E-state index in [9.17, 15) is 4.79 Å². The molecule has 0 fully saturated rings. The second-order valence-electron chi connectivity index (χ2n) is 7.04. The first-order chi connectivity index (χ1) is 14.1. The minimum absolute atomic E-state index is 0.138. The van der Waals surface area contributed by atoms with E-state index in [2.05, 4.69) is 60.0 Å². The summed E-state index contributed by atoms with van der Waals surface area (Å²) in [5.74, 6) is -0.138. The highest BCUT2D eigenvalue weighted by Gasteiger charge is 2.12. The normalized spacial score (nSPS) is 12.0. The van der Waals surface area contributed by atoms with E-state index in [4.69, 9.17) is 5.73 Å². The first-order valence-corrected chi connectivity index (χ1v) is 10.4. The summed E-state index contributed by atoms with van der Waals surface area (Å²) in [4.78, 5) is 13.3. The number of nitrogens with two attached hydrogens (primary N) is 1. The topological polar surface area (TPSA) is 67.2 Å². The number of rotatable bonds is 6. The Balaban J connectivity index is 1.46. The van der Waals surface area contributed by atoms with Crippen molar-refractivity contribution < 1.29 is 4.79 Å². The molecule has 0 aliphatic heterocycles. The molecule has 0 spiro atoms. The number of hydrogen-bond acceptors (Lipinski definition) is 4. The lowest BCUT2D eigenvalue weighted by Crippen LogP contribution is -2.17. The van der Waals surface area contributed by atoms with E-state index in [0.29, 0.717) is 16.3 Å². The molecule has 0 radical (unpaired) electrons. The number of thiophene rings is 1. The van der Waals surface area contributed by atoms with Crippen molar-refractivity contribution in [2.45, 2.75) is 19.5 Å². The van der Waals surface area contributed by atoms with E-state index in [1.807, 2.05) is 24.3 Å². The fourth-order valence-corrected chi connectivity index (χ4v) is 4.18. The Labute approximate surface area is 174 Å². The van der Waals surface area contributed by atoms with E-state index >= 15 is 0 Å². The monoisotopic (exact) mass is 401 g/mol. The molecule has 1 heterocycles. The van der Waals surface area contributed by atoms with E-state index in [1.54, 1.807) is 12.1 Å². The lowest BCUT2D eigenvalue weighted by Gasteiger charge is -2.14. The summed E-state index contributed by atoms with van der Waals surface area (Å²) in [5, 5.41) is 7.53. The highest BCUT2D eigenvalue weighted by molar-refractivity contribution is 7.20. The Morgan fingerprint density at radius 1 is 1.00 bits per heavy atom. The number of amides is 1. The zero-order valence-corrected chi connectivity index (χ0v) is 17.0. The Bertz CT molecular complexity index is 1140. The highest BCUT2D eigenvalue weighted by Crippen LogP contribution is 2.28. The molecule has 1 atom stereocenters. The third-order valence-corrected chi connectivity index (χ3v) is 6.04. The summed E-state index contributed by atoms with van der Waals surface area (Å²) in [6, 6.07) is 26.2. The van der Waals surface area contributed by atoms with Crippen LogP contribution in [0.3, 0.4) is 0 Å². The number of nitrogen functional groups attached to an aromatic ring is 1. The summed E-state index contributed by atoms with van der Waals surface area (Å²) < 4.78 is 1.09. The molecule has 0 saturated carbocycles. The number of fused-ring (bicyclic) bond motifs is 1. The molecule has 29 heavy (non-hydrogen) atoms. The van der Waals surface area contributed by atoms with Gasteiger partial charge in [0, 0.05) is 17.3 Å². The van der Waals surface area contributed by atoms with Crippen LogP contribution in [0.2, 0.25) is 0 Å². The number of carbonyl (C=O) groups is 1. The molecule has 0 bridgehead atoms. The maximum atomic E-state index is 12.6. The van der Waals surface area contributed by atoms with Crippen LogP contribution in [-0.2, 0) is 6.54 Å². The number of nitrogens with one attached hydrogen (secondary N) is 2. The Morgan fingerprint density at radius 2 is 1.76 bits per heavy atom. The maximum Gasteiger partial charge on any atom is 0.265 e. The van der Waals surface area contributed by atoms with Crippen LogP contribution in [-0.4, -0.2) is 5.91 Å². The van der Waals surface area contributed by atoms with Gasteiger partial charge in [0.25, 0.3) is 5.91 Å². The second kappa shape index (κ2) is 8.47. The Morgan fingerprint density at radius 3 is 2.55 bits per heavy atom. The molecule has 4 aromatic rings. The minimum atomic E-state index is -0.138. The fraction of sp³-hybridized carbons (Fsp3) is 0.125. The molecular formula is C24H23N3OS. The van der Waals surface area contributed by atoms with Crippen LogP contribution >= 0.6 is 11.3 Å². The van der Waals surface area contributed by atoms with Crippen molar-refractivity contribution in [1.29, 1.82) is 0 Å². The molecule has 0 unspecified atom stereocenters. The molecule has 1 aromatic heterocycles. The third-order valence-electron chi connectivity index (χ3n) is 4.93. The van der Waals surface area contributed by atoms with E-state index in [0.717, 1.165) is 16.6 Å². The number of anilines is 2. The third kappa shape index (κ3) is 4.47. The highest BCUT2D eigenvalue weighted by atomic mass is 32.1. The SMILES string of the molecule is C[C@H](NCc1ccc2sc(C(=O)Nc3ccccc3N)cc2c1)c1ccccc1. The molecule has 0 aliphatic carbocycles. The zero-order chi connectivity index (χ0) is 20.2. The average Bonchev–Trinajstić information content (AvgIpc) is 3.18. The average molecular weight is 402 g/mol. The maximum absolute atomic E-state index is 12.6. The quantitative estimate of drug-likeness (QED) is 0.369. The lowest BCUT2D eigenvalue weighted by atomic mass is 10.1. The van der Waals surface area contributed by atoms with Gasteiger partial charge in [-0.25, -0.2) is 0 Å². The van der Waals surface area contributed by atoms with Crippen LogP contribution in [0.25, 0.3) is 10.1 Å². The van der Waals surface area contributed by atoms with Gasteiger partial charge in [0.2, 0.25) is 0 Å². The number of carbonyl (C=O) groups excluding carboxylic acids is 1. The van der Waals surface area contributed by atoms with Gasteiger partial charge in [0.1, 0.15) is 0 Å². The van der Waals surface area contributed by atoms with Gasteiger partial charge in [-0.2, -0.15) is 0 Å². The van der Waals surface area contributed by atoms with Crippen LogP contribution in [0.1, 0.15) is 33.8 Å². The largest absolute Gasteiger partial charge is 0.397 e. The zero-order valence-electron chi connectivity index (χ0n) is 16.2.